The van der Waals surface area contributed by atoms with Crippen molar-refractivity contribution >= 4 is 11.6 Å². The molecule has 2 N–H and O–H groups in total. The number of nitrogens with one attached hydrogen (secondary N) is 2. The summed E-state index contributed by atoms with van der Waals surface area (Å²) in [5.41, 5.74) is 3.38. The van der Waals surface area contributed by atoms with Crippen LogP contribution in [0.1, 0.15) is 24.0 Å². The first-order valence-electron chi connectivity index (χ1n) is 10.7. The van der Waals surface area contributed by atoms with Crippen LogP contribution < -0.4 is 20.1 Å². The van der Waals surface area contributed by atoms with Crippen molar-refractivity contribution < 1.29 is 14.3 Å². The maximum atomic E-state index is 12.7. The summed E-state index contributed by atoms with van der Waals surface area (Å²) in [6, 6.07) is 14.2. The summed E-state index contributed by atoms with van der Waals surface area (Å²) in [5.74, 6) is 1.60. The molecular weight excluding hydrogens is 378 g/mol. The van der Waals surface area contributed by atoms with Crippen molar-refractivity contribution in [3.8, 4) is 11.5 Å². The Hall–Kier alpha value is -2.73. The number of amides is 1. The molecule has 1 amide bonds. The molecule has 1 aliphatic rings. The van der Waals surface area contributed by atoms with Gasteiger partial charge < -0.3 is 25.0 Å². The number of methoxy groups -OCH3 is 2. The topological polar surface area (TPSA) is 62.8 Å². The van der Waals surface area contributed by atoms with Gasteiger partial charge in [-0.05, 0) is 67.7 Å². The molecule has 6 nitrogen and oxygen atoms in total. The molecule has 0 bridgehead atoms. The van der Waals surface area contributed by atoms with Crippen LogP contribution in [-0.2, 0) is 17.6 Å². The van der Waals surface area contributed by atoms with Crippen molar-refractivity contribution in [1.82, 2.24) is 10.2 Å². The third kappa shape index (κ3) is 6.13. The first kappa shape index (κ1) is 22.0. The molecule has 0 fully saturated rings. The Bertz CT molecular complexity index is 811. The molecule has 6 heteroatoms. The number of hydrogen-bond acceptors (Lipinski definition) is 5. The van der Waals surface area contributed by atoms with Crippen molar-refractivity contribution in [3.63, 3.8) is 0 Å². The van der Waals surface area contributed by atoms with E-state index in [0.29, 0.717) is 12.2 Å². The van der Waals surface area contributed by atoms with Gasteiger partial charge in [0.1, 0.15) is 0 Å². The Balaban J connectivity index is 1.35. The van der Waals surface area contributed by atoms with Crippen LogP contribution in [0.15, 0.2) is 42.5 Å². The van der Waals surface area contributed by atoms with Gasteiger partial charge in [0.05, 0.1) is 20.6 Å². The predicted octanol–water partition coefficient (Wildman–Crippen LogP) is 3.11. The molecule has 1 aliphatic heterocycles. The zero-order valence-corrected chi connectivity index (χ0v) is 18.1. The van der Waals surface area contributed by atoms with Gasteiger partial charge in [0, 0.05) is 25.3 Å². The maximum absolute atomic E-state index is 12.7. The Labute approximate surface area is 179 Å². The van der Waals surface area contributed by atoms with Gasteiger partial charge in [0.15, 0.2) is 11.5 Å². The molecule has 2 aromatic rings. The molecular formula is C24H33N3O3. The quantitative estimate of drug-likeness (QED) is 0.557. The van der Waals surface area contributed by atoms with Crippen LogP contribution in [0, 0.1) is 0 Å². The Morgan fingerprint density at radius 1 is 0.933 bits per heavy atom. The van der Waals surface area contributed by atoms with E-state index in [9.17, 15) is 4.79 Å². The summed E-state index contributed by atoms with van der Waals surface area (Å²) >= 11 is 0. The predicted molar refractivity (Wildman–Crippen MR) is 121 cm³/mol. The standard InChI is InChI=1S/C24H33N3O3/c1-29-22-16-19-10-15-27(24(28)18-20(19)17-23(22)30-2)14-7-12-25-11-6-13-26-21-8-4-3-5-9-21/h3-5,8-9,16-17,25-26H,6-7,10-15,18H2,1-2H3. The van der Waals surface area contributed by atoms with E-state index in [1.54, 1.807) is 14.2 Å². The number of ether oxygens (including phenoxy) is 2. The maximum Gasteiger partial charge on any atom is 0.227 e. The zero-order valence-electron chi connectivity index (χ0n) is 18.1. The van der Waals surface area contributed by atoms with Crippen LogP contribution in [0.4, 0.5) is 5.69 Å². The highest BCUT2D eigenvalue weighted by molar-refractivity contribution is 5.80. The number of hydrogen-bond donors (Lipinski definition) is 2. The summed E-state index contributed by atoms with van der Waals surface area (Å²) in [6.45, 7) is 4.38. The van der Waals surface area contributed by atoms with E-state index >= 15 is 0 Å². The number of fused-ring (bicyclic) bond motifs is 1. The Morgan fingerprint density at radius 2 is 1.63 bits per heavy atom. The minimum Gasteiger partial charge on any atom is -0.493 e. The third-order valence-electron chi connectivity index (χ3n) is 5.47. The molecule has 1 heterocycles. The molecule has 0 spiro atoms. The van der Waals surface area contributed by atoms with Gasteiger partial charge in [-0.1, -0.05) is 18.2 Å². The zero-order chi connectivity index (χ0) is 21.2. The minimum absolute atomic E-state index is 0.188. The molecule has 0 radical (unpaired) electrons. The van der Waals surface area contributed by atoms with Gasteiger partial charge in [-0.2, -0.15) is 0 Å². The minimum atomic E-state index is 0.188. The SMILES string of the molecule is COc1cc2c(cc1OC)CC(=O)N(CCCNCCCNc1ccccc1)CC2. The van der Waals surface area contributed by atoms with E-state index in [1.165, 1.54) is 5.56 Å². The average molecular weight is 412 g/mol. The van der Waals surface area contributed by atoms with Crippen LogP contribution in [-0.4, -0.2) is 57.8 Å². The van der Waals surface area contributed by atoms with Gasteiger partial charge in [-0.25, -0.2) is 0 Å². The lowest BCUT2D eigenvalue weighted by Crippen LogP contribution is -2.34. The van der Waals surface area contributed by atoms with Crippen molar-refractivity contribution in [1.29, 1.82) is 0 Å². The number of benzene rings is 2. The van der Waals surface area contributed by atoms with Crippen LogP contribution >= 0.6 is 0 Å². The van der Waals surface area contributed by atoms with Gasteiger partial charge in [-0.3, -0.25) is 4.79 Å². The molecule has 0 unspecified atom stereocenters. The van der Waals surface area contributed by atoms with Crippen LogP contribution in [0.2, 0.25) is 0 Å². The summed E-state index contributed by atoms with van der Waals surface area (Å²) in [7, 11) is 3.27. The number of carbonyl (C=O) groups is 1. The number of anilines is 1. The van der Waals surface area contributed by atoms with Gasteiger partial charge in [0.25, 0.3) is 0 Å². The van der Waals surface area contributed by atoms with Gasteiger partial charge >= 0.3 is 0 Å². The molecule has 0 aromatic heterocycles. The Kier molecular flexibility index (Phi) is 8.39. The third-order valence-corrected chi connectivity index (χ3v) is 5.47. The molecule has 0 atom stereocenters. The fourth-order valence-electron chi connectivity index (χ4n) is 3.77. The van der Waals surface area contributed by atoms with Crippen LogP contribution in [0.3, 0.4) is 0 Å². The fraction of sp³-hybridized carbons (Fsp3) is 0.458. The summed E-state index contributed by atoms with van der Waals surface area (Å²) in [6.07, 6.45) is 3.30. The highest BCUT2D eigenvalue weighted by Crippen LogP contribution is 2.32. The van der Waals surface area contributed by atoms with E-state index in [0.717, 1.165) is 69.0 Å². The number of para-hydroxylation sites is 1. The second-order valence-electron chi connectivity index (χ2n) is 7.53. The van der Waals surface area contributed by atoms with E-state index in [-0.39, 0.29) is 5.91 Å². The molecule has 0 saturated carbocycles. The number of rotatable bonds is 11. The summed E-state index contributed by atoms with van der Waals surface area (Å²) < 4.78 is 10.8. The summed E-state index contributed by atoms with van der Waals surface area (Å²) in [5, 5.41) is 6.89. The van der Waals surface area contributed by atoms with Gasteiger partial charge in [-0.15, -0.1) is 0 Å². The lowest BCUT2D eigenvalue weighted by molar-refractivity contribution is -0.130. The lowest BCUT2D eigenvalue weighted by atomic mass is 10.0. The van der Waals surface area contributed by atoms with Gasteiger partial charge in [0.2, 0.25) is 5.91 Å². The monoisotopic (exact) mass is 411 g/mol. The number of carbonyl (C=O) groups excluding carboxylic acids is 1. The molecule has 0 saturated heterocycles. The van der Waals surface area contributed by atoms with Crippen molar-refractivity contribution in [2.75, 3.05) is 52.3 Å². The molecule has 162 valence electrons. The van der Waals surface area contributed by atoms with Crippen LogP contribution in [0.5, 0.6) is 11.5 Å². The second kappa shape index (κ2) is 11.5. The lowest BCUT2D eigenvalue weighted by Gasteiger charge is -2.20. The van der Waals surface area contributed by atoms with E-state index < -0.39 is 0 Å². The largest absolute Gasteiger partial charge is 0.493 e. The van der Waals surface area contributed by atoms with Crippen LogP contribution in [0.25, 0.3) is 0 Å². The average Bonchev–Trinajstić information content (AvgIpc) is 2.93. The number of nitrogens with zero attached hydrogens (tertiary/aromatic N) is 1. The van der Waals surface area contributed by atoms with Crippen molar-refractivity contribution in [3.05, 3.63) is 53.6 Å². The molecule has 0 aliphatic carbocycles. The normalized spacial score (nSPS) is 13.5. The second-order valence-corrected chi connectivity index (χ2v) is 7.53. The highest BCUT2D eigenvalue weighted by Gasteiger charge is 2.22. The summed E-state index contributed by atoms with van der Waals surface area (Å²) in [4.78, 5) is 14.7. The van der Waals surface area contributed by atoms with E-state index in [1.807, 2.05) is 35.2 Å². The fourth-order valence-corrected chi connectivity index (χ4v) is 3.77. The molecule has 3 rings (SSSR count). The highest BCUT2D eigenvalue weighted by atomic mass is 16.5. The van der Waals surface area contributed by atoms with Crippen molar-refractivity contribution in [2.24, 2.45) is 0 Å². The molecule has 2 aromatic carbocycles. The van der Waals surface area contributed by atoms with Crippen molar-refractivity contribution in [2.45, 2.75) is 25.7 Å². The van der Waals surface area contributed by atoms with E-state index in [2.05, 4.69) is 22.8 Å². The smallest absolute Gasteiger partial charge is 0.227 e. The first-order chi connectivity index (χ1) is 14.7. The Morgan fingerprint density at radius 3 is 2.37 bits per heavy atom. The first-order valence-corrected chi connectivity index (χ1v) is 10.7. The molecule has 30 heavy (non-hydrogen) atoms. The van der Waals surface area contributed by atoms with E-state index in [4.69, 9.17) is 9.47 Å².